The van der Waals surface area contributed by atoms with Crippen molar-refractivity contribution in [2.24, 2.45) is 7.05 Å². The van der Waals surface area contributed by atoms with Gasteiger partial charge in [-0.15, -0.1) is 0 Å². The predicted octanol–water partition coefficient (Wildman–Crippen LogP) is 4.03. The molecule has 0 N–H and O–H groups in total. The van der Waals surface area contributed by atoms with Crippen LogP contribution >= 0.6 is 0 Å². The first-order chi connectivity index (χ1) is 10.5. The Morgan fingerprint density at radius 2 is 1.74 bits per heavy atom. The lowest BCUT2D eigenvalue weighted by Crippen LogP contribution is -2.10. The molecular weight excluding hydrogens is 321 g/mol. The average Bonchev–Trinajstić information content (AvgIpc) is 2.67. The van der Waals surface area contributed by atoms with Gasteiger partial charge in [0.2, 0.25) is 5.88 Å². The van der Waals surface area contributed by atoms with Crippen molar-refractivity contribution in [3.8, 4) is 17.3 Å². The van der Waals surface area contributed by atoms with Crippen LogP contribution in [0, 0.1) is 20.8 Å². The first kappa shape index (κ1) is 17.2. The number of halogens is 5. The molecule has 0 aliphatic heterocycles. The summed E-state index contributed by atoms with van der Waals surface area (Å²) in [7, 11) is 1.40. The Hall–Kier alpha value is -2.19. The summed E-state index contributed by atoms with van der Waals surface area (Å²) >= 11 is 0. The zero-order valence-electron chi connectivity index (χ0n) is 12.8. The molecule has 0 fully saturated rings. The highest BCUT2D eigenvalue weighted by molar-refractivity contribution is 5.65. The molecule has 0 saturated heterocycles. The Labute approximate surface area is 128 Å². The van der Waals surface area contributed by atoms with Crippen LogP contribution in [-0.4, -0.2) is 21.4 Å². The van der Waals surface area contributed by atoms with Gasteiger partial charge in [0.15, 0.2) is 0 Å². The maximum atomic E-state index is 12.9. The van der Waals surface area contributed by atoms with Crippen molar-refractivity contribution in [1.82, 2.24) is 14.8 Å². The summed E-state index contributed by atoms with van der Waals surface area (Å²) in [5.74, 6) is -0.159. The smallest absolute Gasteiger partial charge is 0.417 e. The van der Waals surface area contributed by atoms with E-state index in [9.17, 15) is 22.0 Å². The molecule has 9 heteroatoms. The third kappa shape index (κ3) is 3.27. The largest absolute Gasteiger partial charge is 0.418 e. The molecule has 0 radical (unpaired) electrons. The third-order valence-electron chi connectivity index (χ3n) is 3.35. The number of rotatable bonds is 3. The van der Waals surface area contributed by atoms with Crippen LogP contribution in [0.2, 0.25) is 0 Å². The summed E-state index contributed by atoms with van der Waals surface area (Å²) in [5, 5.41) is 4.04. The fraction of sp³-hybridized carbons (Fsp3) is 0.429. The topological polar surface area (TPSA) is 39.9 Å². The van der Waals surface area contributed by atoms with Crippen LogP contribution in [-0.2, 0) is 13.2 Å². The van der Waals surface area contributed by atoms with Crippen LogP contribution in [0.5, 0.6) is 5.88 Å². The lowest BCUT2D eigenvalue weighted by molar-refractivity contribution is -0.138. The maximum Gasteiger partial charge on any atom is 0.418 e. The second-order valence-electron chi connectivity index (χ2n) is 5.07. The normalized spacial score (nSPS) is 12.1. The standard InChI is InChI=1S/C14H14F5N3O/c1-6-5-9(14(17,18)19)8(3)20-10(6)11-7(2)12(22(4)21-11)23-13(15)16/h5,13H,1-4H3. The molecule has 0 spiro atoms. The fourth-order valence-electron chi connectivity index (χ4n) is 2.32. The van der Waals surface area contributed by atoms with Crippen molar-refractivity contribution in [3.05, 3.63) is 28.5 Å². The van der Waals surface area contributed by atoms with Crippen LogP contribution in [0.25, 0.3) is 11.4 Å². The Kier molecular flexibility index (Phi) is 4.32. The SMILES string of the molecule is Cc1cc(C(F)(F)F)c(C)nc1-c1nn(C)c(OC(F)F)c1C. The van der Waals surface area contributed by atoms with Crippen molar-refractivity contribution >= 4 is 0 Å². The Balaban J connectivity index is 2.58. The van der Waals surface area contributed by atoms with Gasteiger partial charge in [0.1, 0.15) is 5.69 Å². The van der Waals surface area contributed by atoms with E-state index in [1.54, 1.807) is 0 Å². The van der Waals surface area contributed by atoms with Gasteiger partial charge >= 0.3 is 12.8 Å². The molecule has 0 aliphatic carbocycles. The molecule has 2 rings (SSSR count). The van der Waals surface area contributed by atoms with E-state index >= 15 is 0 Å². The number of nitrogens with zero attached hydrogens (tertiary/aromatic N) is 3. The van der Waals surface area contributed by atoms with Gasteiger partial charge in [-0.3, -0.25) is 4.98 Å². The van der Waals surface area contributed by atoms with E-state index in [1.807, 2.05) is 0 Å². The molecule has 4 nitrogen and oxygen atoms in total. The molecular formula is C14H14F5N3O. The summed E-state index contributed by atoms with van der Waals surface area (Å²) in [6.45, 7) is 1.16. The summed E-state index contributed by atoms with van der Waals surface area (Å²) in [5.41, 5.74) is -0.114. The average molecular weight is 335 g/mol. The van der Waals surface area contributed by atoms with Crippen molar-refractivity contribution < 1.29 is 26.7 Å². The highest BCUT2D eigenvalue weighted by Crippen LogP contribution is 2.36. The minimum absolute atomic E-state index is 0.159. The highest BCUT2D eigenvalue weighted by atomic mass is 19.4. The highest BCUT2D eigenvalue weighted by Gasteiger charge is 2.34. The molecule has 0 saturated carbocycles. The monoisotopic (exact) mass is 335 g/mol. The minimum atomic E-state index is -4.51. The summed E-state index contributed by atoms with van der Waals surface area (Å²) in [6.07, 6.45) is -4.51. The van der Waals surface area contributed by atoms with Crippen LogP contribution in [0.3, 0.4) is 0 Å². The molecule has 0 bridgehead atoms. The van der Waals surface area contributed by atoms with E-state index in [1.165, 1.54) is 27.8 Å². The number of alkyl halides is 5. The molecule has 0 amide bonds. The van der Waals surface area contributed by atoms with Gasteiger partial charge in [-0.2, -0.15) is 27.1 Å². The van der Waals surface area contributed by atoms with Gasteiger partial charge in [0.25, 0.3) is 0 Å². The van der Waals surface area contributed by atoms with E-state index in [2.05, 4.69) is 14.8 Å². The first-order valence-electron chi connectivity index (χ1n) is 6.56. The van der Waals surface area contributed by atoms with Gasteiger partial charge < -0.3 is 4.74 Å². The molecule has 2 aromatic rings. The van der Waals surface area contributed by atoms with Gasteiger partial charge in [0.05, 0.1) is 17.0 Å². The Morgan fingerprint density at radius 3 is 2.26 bits per heavy atom. The van der Waals surface area contributed by atoms with Crippen molar-refractivity contribution in [2.45, 2.75) is 33.6 Å². The van der Waals surface area contributed by atoms with Gasteiger partial charge in [-0.25, -0.2) is 4.68 Å². The van der Waals surface area contributed by atoms with Gasteiger partial charge in [0, 0.05) is 12.6 Å². The molecule has 126 valence electrons. The van der Waals surface area contributed by atoms with Crippen molar-refractivity contribution in [1.29, 1.82) is 0 Å². The molecule has 2 aromatic heterocycles. The zero-order chi connectivity index (χ0) is 17.5. The lowest BCUT2D eigenvalue weighted by atomic mass is 10.0. The van der Waals surface area contributed by atoms with E-state index in [-0.39, 0.29) is 34.1 Å². The quantitative estimate of drug-likeness (QED) is 0.795. The van der Waals surface area contributed by atoms with Gasteiger partial charge in [-0.05, 0) is 32.4 Å². The molecule has 23 heavy (non-hydrogen) atoms. The van der Waals surface area contributed by atoms with Crippen LogP contribution in [0.4, 0.5) is 22.0 Å². The predicted molar refractivity (Wildman–Crippen MR) is 72.3 cm³/mol. The van der Waals surface area contributed by atoms with Crippen molar-refractivity contribution in [3.63, 3.8) is 0 Å². The number of hydrogen-bond acceptors (Lipinski definition) is 3. The zero-order valence-corrected chi connectivity index (χ0v) is 12.8. The number of hydrogen-bond donors (Lipinski definition) is 0. The number of aromatic nitrogens is 3. The molecule has 0 unspecified atom stereocenters. The summed E-state index contributed by atoms with van der Waals surface area (Å²) < 4.78 is 69.0. The maximum absolute atomic E-state index is 12.9. The van der Waals surface area contributed by atoms with Crippen molar-refractivity contribution in [2.75, 3.05) is 0 Å². The first-order valence-corrected chi connectivity index (χ1v) is 6.56. The van der Waals surface area contributed by atoms with Crippen LogP contribution in [0.1, 0.15) is 22.4 Å². The van der Waals surface area contributed by atoms with E-state index in [0.717, 1.165) is 10.7 Å². The van der Waals surface area contributed by atoms with E-state index < -0.39 is 18.4 Å². The number of ether oxygens (including phenoxy) is 1. The number of aryl methyl sites for hydroxylation is 3. The van der Waals surface area contributed by atoms with E-state index in [4.69, 9.17) is 0 Å². The summed E-state index contributed by atoms with van der Waals surface area (Å²) in [4.78, 5) is 3.96. The molecule has 0 atom stereocenters. The Morgan fingerprint density at radius 1 is 1.13 bits per heavy atom. The fourth-order valence-corrected chi connectivity index (χ4v) is 2.32. The molecule has 2 heterocycles. The van der Waals surface area contributed by atoms with Gasteiger partial charge in [-0.1, -0.05) is 0 Å². The number of pyridine rings is 1. The second-order valence-corrected chi connectivity index (χ2v) is 5.07. The minimum Gasteiger partial charge on any atom is -0.417 e. The Bertz CT molecular complexity index is 737. The molecule has 0 aliphatic rings. The van der Waals surface area contributed by atoms with Crippen LogP contribution in [0.15, 0.2) is 6.07 Å². The molecule has 0 aromatic carbocycles. The van der Waals surface area contributed by atoms with Crippen LogP contribution < -0.4 is 4.74 Å². The lowest BCUT2D eigenvalue weighted by Gasteiger charge is -2.13. The van der Waals surface area contributed by atoms with E-state index in [0.29, 0.717) is 0 Å². The summed E-state index contributed by atoms with van der Waals surface area (Å²) in [6, 6.07) is 0.972. The third-order valence-corrected chi connectivity index (χ3v) is 3.35. The second kappa shape index (κ2) is 5.78.